The Morgan fingerprint density at radius 1 is 1.23 bits per heavy atom. The number of anilines is 2. The largest absolute Gasteiger partial charge is 0.494 e. The number of methoxy groups -OCH3 is 1. The van der Waals surface area contributed by atoms with E-state index in [1.165, 1.54) is 19.2 Å². The number of nitrogens with one attached hydrogen (secondary N) is 1. The Labute approximate surface area is 170 Å². The molecule has 0 atom stereocenters. The zero-order valence-corrected chi connectivity index (χ0v) is 17.1. The Hall–Kier alpha value is -1.47. The van der Waals surface area contributed by atoms with Gasteiger partial charge in [0.15, 0.2) is 0 Å². The third-order valence-electron chi connectivity index (χ3n) is 4.01. The van der Waals surface area contributed by atoms with Crippen LogP contribution < -0.4 is 15.0 Å². The highest BCUT2D eigenvalue weighted by atomic mass is 79.9. The first-order valence-corrected chi connectivity index (χ1v) is 9.51. The van der Waals surface area contributed by atoms with E-state index in [0.29, 0.717) is 23.9 Å². The van der Waals surface area contributed by atoms with Gasteiger partial charge < -0.3 is 19.7 Å². The van der Waals surface area contributed by atoms with Crippen LogP contribution in [0.5, 0.6) is 5.75 Å². The lowest BCUT2D eigenvalue weighted by Gasteiger charge is -2.29. The molecule has 0 unspecified atom stereocenters. The third kappa shape index (κ3) is 4.26. The normalized spacial score (nSPS) is 14.2. The number of benzene rings is 2. The average molecular weight is 460 g/mol. The monoisotopic (exact) mass is 458 g/mol. The van der Waals surface area contributed by atoms with Crippen molar-refractivity contribution in [2.24, 2.45) is 0 Å². The molecule has 0 saturated carbocycles. The van der Waals surface area contributed by atoms with Crippen LogP contribution in [-0.4, -0.2) is 39.3 Å². The van der Waals surface area contributed by atoms with Crippen molar-refractivity contribution in [2.45, 2.75) is 0 Å². The number of halogens is 3. The summed E-state index contributed by atoms with van der Waals surface area (Å²) in [6, 6.07) is 8.74. The second kappa shape index (κ2) is 8.48. The molecule has 26 heavy (non-hydrogen) atoms. The fraction of sp³-hybridized carbons (Fsp3) is 0.278. The summed E-state index contributed by atoms with van der Waals surface area (Å²) in [6.45, 7) is 3.09. The smallest absolute Gasteiger partial charge is 0.259 e. The number of hydrogen-bond acceptors (Lipinski definition) is 4. The van der Waals surface area contributed by atoms with Crippen LogP contribution in [0, 0.1) is 0 Å². The van der Waals surface area contributed by atoms with Crippen molar-refractivity contribution in [3.63, 3.8) is 0 Å². The lowest BCUT2D eigenvalue weighted by Crippen LogP contribution is -2.36. The molecule has 8 heteroatoms. The zero-order valence-electron chi connectivity index (χ0n) is 14.0. The predicted molar refractivity (Wildman–Crippen MR) is 108 cm³/mol. The van der Waals surface area contributed by atoms with Crippen LogP contribution in [0.15, 0.2) is 34.8 Å². The van der Waals surface area contributed by atoms with Crippen molar-refractivity contribution in [2.75, 3.05) is 43.6 Å². The van der Waals surface area contributed by atoms with Crippen molar-refractivity contribution < 1.29 is 14.3 Å². The maximum atomic E-state index is 12.6. The fourth-order valence-electron chi connectivity index (χ4n) is 2.78. The van der Waals surface area contributed by atoms with E-state index >= 15 is 0 Å². The van der Waals surface area contributed by atoms with Crippen molar-refractivity contribution >= 4 is 56.4 Å². The molecule has 0 aliphatic carbocycles. The standard InChI is InChI=1S/C18H17BrCl2N2O3/c1-25-17-13(8-11(20)9-15(17)21)18(24)22-12-2-3-16(14(19)10-12)23-4-6-26-7-5-23/h2-3,8-10H,4-7H2,1H3,(H,22,24). The summed E-state index contributed by atoms with van der Waals surface area (Å²) in [7, 11) is 1.46. The van der Waals surface area contributed by atoms with Crippen molar-refractivity contribution in [3.8, 4) is 5.75 Å². The molecule has 0 bridgehead atoms. The highest BCUT2D eigenvalue weighted by Crippen LogP contribution is 2.34. The summed E-state index contributed by atoms with van der Waals surface area (Å²) in [5.41, 5.74) is 1.99. The molecule has 1 N–H and O–H groups in total. The van der Waals surface area contributed by atoms with E-state index in [1.54, 1.807) is 0 Å². The van der Waals surface area contributed by atoms with Gasteiger partial charge in [-0.1, -0.05) is 23.2 Å². The molecule has 5 nitrogen and oxygen atoms in total. The molecule has 138 valence electrons. The van der Waals surface area contributed by atoms with Crippen molar-refractivity contribution in [3.05, 3.63) is 50.4 Å². The summed E-state index contributed by atoms with van der Waals surface area (Å²) >= 11 is 15.7. The second-order valence-corrected chi connectivity index (χ2v) is 7.39. The highest BCUT2D eigenvalue weighted by molar-refractivity contribution is 9.10. The van der Waals surface area contributed by atoms with Crippen molar-refractivity contribution in [1.82, 2.24) is 0 Å². The minimum atomic E-state index is -0.350. The number of rotatable bonds is 4. The molecular weight excluding hydrogens is 443 g/mol. The van der Waals surface area contributed by atoms with E-state index in [-0.39, 0.29) is 22.2 Å². The van der Waals surface area contributed by atoms with Crippen LogP contribution in [0.3, 0.4) is 0 Å². The van der Waals surface area contributed by atoms with Gasteiger partial charge in [0.1, 0.15) is 5.75 Å². The molecule has 0 spiro atoms. The van der Waals surface area contributed by atoms with Crippen LogP contribution in [0.4, 0.5) is 11.4 Å². The molecule has 1 heterocycles. The minimum absolute atomic E-state index is 0.276. The molecule has 1 aliphatic heterocycles. The Bertz CT molecular complexity index is 826. The SMILES string of the molecule is COc1c(Cl)cc(Cl)cc1C(=O)Nc1ccc(N2CCOCC2)c(Br)c1. The number of amides is 1. The topological polar surface area (TPSA) is 50.8 Å². The lowest BCUT2D eigenvalue weighted by atomic mass is 10.1. The third-order valence-corrected chi connectivity index (χ3v) is 5.15. The van der Waals surface area contributed by atoms with E-state index < -0.39 is 0 Å². The maximum Gasteiger partial charge on any atom is 0.259 e. The number of carbonyl (C=O) groups is 1. The van der Waals surface area contributed by atoms with E-state index in [9.17, 15) is 4.79 Å². The van der Waals surface area contributed by atoms with Crippen LogP contribution in [-0.2, 0) is 4.74 Å². The molecule has 1 amide bonds. The van der Waals surface area contributed by atoms with Crippen LogP contribution in [0.2, 0.25) is 10.0 Å². The number of nitrogens with zero attached hydrogens (tertiary/aromatic N) is 1. The summed E-state index contributed by atoms with van der Waals surface area (Å²) in [6.07, 6.45) is 0. The molecule has 2 aromatic carbocycles. The number of carbonyl (C=O) groups excluding carboxylic acids is 1. The first-order chi connectivity index (χ1) is 12.5. The van der Waals surface area contributed by atoms with E-state index in [2.05, 4.69) is 26.1 Å². The van der Waals surface area contributed by atoms with Crippen molar-refractivity contribution in [1.29, 1.82) is 0 Å². The Balaban J connectivity index is 1.81. The average Bonchev–Trinajstić information content (AvgIpc) is 2.62. The first kappa shape index (κ1) is 19.3. The predicted octanol–water partition coefficient (Wildman–Crippen LogP) is 4.85. The molecule has 0 aromatic heterocycles. The van der Waals surface area contributed by atoms with Gasteiger partial charge in [-0.25, -0.2) is 0 Å². The van der Waals surface area contributed by atoms with Crippen LogP contribution in [0.25, 0.3) is 0 Å². The molecule has 1 fully saturated rings. The Morgan fingerprint density at radius 3 is 2.62 bits per heavy atom. The van der Waals surface area contributed by atoms with Crippen LogP contribution >= 0.6 is 39.1 Å². The van der Waals surface area contributed by atoms with Gasteiger partial charge in [-0.15, -0.1) is 0 Å². The molecule has 3 rings (SSSR count). The maximum absolute atomic E-state index is 12.6. The van der Waals surface area contributed by atoms with Gasteiger partial charge in [-0.3, -0.25) is 4.79 Å². The molecular formula is C18H17BrCl2N2O3. The van der Waals surface area contributed by atoms with Gasteiger partial charge in [-0.2, -0.15) is 0 Å². The first-order valence-electron chi connectivity index (χ1n) is 7.96. The minimum Gasteiger partial charge on any atom is -0.494 e. The van der Waals surface area contributed by atoms with E-state index in [4.69, 9.17) is 32.7 Å². The fourth-order valence-corrected chi connectivity index (χ4v) is 3.98. The van der Waals surface area contributed by atoms with Crippen LogP contribution in [0.1, 0.15) is 10.4 Å². The molecule has 1 saturated heterocycles. The van der Waals surface area contributed by atoms with Gasteiger partial charge >= 0.3 is 0 Å². The quantitative estimate of drug-likeness (QED) is 0.709. The summed E-state index contributed by atoms with van der Waals surface area (Å²) < 4.78 is 11.5. The van der Waals surface area contributed by atoms with Gasteiger partial charge in [0.25, 0.3) is 5.91 Å². The lowest BCUT2D eigenvalue weighted by molar-refractivity contribution is 0.102. The van der Waals surface area contributed by atoms with E-state index in [1.807, 2.05) is 18.2 Å². The number of hydrogen-bond donors (Lipinski definition) is 1. The summed E-state index contributed by atoms with van der Waals surface area (Å²) in [5.74, 6) is -0.0603. The van der Waals surface area contributed by atoms with Gasteiger partial charge in [0.05, 0.1) is 36.6 Å². The highest BCUT2D eigenvalue weighted by Gasteiger charge is 2.18. The number of ether oxygens (including phenoxy) is 2. The van der Waals surface area contributed by atoms with Gasteiger partial charge in [-0.05, 0) is 46.3 Å². The summed E-state index contributed by atoms with van der Waals surface area (Å²) in [4.78, 5) is 14.9. The number of morpholine rings is 1. The van der Waals surface area contributed by atoms with Gasteiger partial charge in [0.2, 0.25) is 0 Å². The van der Waals surface area contributed by atoms with Gasteiger partial charge in [0, 0.05) is 28.3 Å². The molecule has 2 aromatic rings. The van der Waals surface area contributed by atoms with E-state index in [0.717, 1.165) is 23.2 Å². The molecule has 0 radical (unpaired) electrons. The summed E-state index contributed by atoms with van der Waals surface area (Å²) in [5, 5.41) is 3.50. The second-order valence-electron chi connectivity index (χ2n) is 5.69. The zero-order chi connectivity index (χ0) is 18.7. The molecule has 1 aliphatic rings. The Kier molecular flexibility index (Phi) is 6.29. The Morgan fingerprint density at radius 2 is 1.96 bits per heavy atom.